The third-order valence-corrected chi connectivity index (χ3v) is 6.55. The van der Waals surface area contributed by atoms with Gasteiger partial charge in [0.15, 0.2) is 0 Å². The van der Waals surface area contributed by atoms with Crippen LogP contribution in [0.25, 0.3) is 0 Å². The van der Waals surface area contributed by atoms with Crippen LogP contribution in [0.3, 0.4) is 0 Å². The molecule has 1 fully saturated rings. The zero-order valence-electron chi connectivity index (χ0n) is 18.0. The maximum absolute atomic E-state index is 14.1. The number of nitrogens with one attached hydrogen (secondary N) is 1. The number of nitrogens with zero attached hydrogens (tertiary/aromatic N) is 3. The lowest BCUT2D eigenvalue weighted by Gasteiger charge is -2.28. The molecule has 1 unspecified atom stereocenters. The van der Waals surface area contributed by atoms with Gasteiger partial charge in [0.05, 0.1) is 31.0 Å². The summed E-state index contributed by atoms with van der Waals surface area (Å²) < 4.78 is 19.6. The summed E-state index contributed by atoms with van der Waals surface area (Å²) in [5, 5.41) is 0. The number of carbonyl (C=O) groups excluding carboxylic acids is 1. The highest BCUT2D eigenvalue weighted by atomic mass is 19.1. The molecule has 1 aromatic heterocycles. The average Bonchev–Trinajstić information content (AvgIpc) is 3.28. The monoisotopic (exact) mass is 438 g/mol. The molecule has 168 valence electrons. The number of fused-ring (bicyclic) bond motifs is 1. The summed E-state index contributed by atoms with van der Waals surface area (Å²) in [5.74, 6) is -0.0687. The van der Waals surface area contributed by atoms with Gasteiger partial charge in [0.25, 0.3) is 11.5 Å². The van der Waals surface area contributed by atoms with Gasteiger partial charge in [0.2, 0.25) is 0 Å². The molecule has 1 amide bonds. The van der Waals surface area contributed by atoms with Crippen molar-refractivity contribution >= 4 is 5.91 Å². The van der Waals surface area contributed by atoms with Crippen molar-refractivity contribution in [1.82, 2.24) is 19.8 Å². The van der Waals surface area contributed by atoms with Crippen molar-refractivity contribution in [3.05, 3.63) is 74.7 Å². The molecule has 2 aromatic rings. The van der Waals surface area contributed by atoms with Gasteiger partial charge in [-0.1, -0.05) is 18.2 Å². The standard InChI is InChI=1S/C24H27FN4O3/c25-20-6-2-1-5-18(20)24(31)29-10-8-19-21(14-29)26-22(27-23(19)30)17-7-9-28(13-17)12-16-4-3-11-32-15-16/h1-2,4-6,17H,3,7-15H2,(H,26,27,30). The first-order valence-electron chi connectivity index (χ1n) is 11.2. The van der Waals surface area contributed by atoms with Crippen molar-refractivity contribution < 1.29 is 13.9 Å². The van der Waals surface area contributed by atoms with Crippen LogP contribution in [-0.2, 0) is 17.7 Å². The SMILES string of the molecule is O=C(c1ccccc1F)N1CCc2c(nc(C3CCN(CC4=CCCOC4)C3)[nH]c2=O)C1. The molecule has 8 heteroatoms. The zero-order chi connectivity index (χ0) is 22.1. The van der Waals surface area contributed by atoms with Gasteiger partial charge >= 0.3 is 0 Å². The molecule has 0 bridgehead atoms. The highest BCUT2D eigenvalue weighted by Gasteiger charge is 2.30. The summed E-state index contributed by atoms with van der Waals surface area (Å²) >= 11 is 0. The summed E-state index contributed by atoms with van der Waals surface area (Å²) in [5.41, 5.74) is 2.50. The number of amides is 1. The number of aromatic amines is 1. The van der Waals surface area contributed by atoms with E-state index in [4.69, 9.17) is 9.72 Å². The first-order chi connectivity index (χ1) is 15.6. The number of likely N-dealkylation sites (tertiary alicyclic amines) is 1. The van der Waals surface area contributed by atoms with Crippen LogP contribution in [0.2, 0.25) is 0 Å². The van der Waals surface area contributed by atoms with Crippen LogP contribution in [0.1, 0.15) is 46.2 Å². The fraction of sp³-hybridized carbons (Fsp3) is 0.458. The Morgan fingerprint density at radius 3 is 2.97 bits per heavy atom. The lowest BCUT2D eigenvalue weighted by atomic mass is 10.0. The van der Waals surface area contributed by atoms with E-state index in [1.165, 1.54) is 17.7 Å². The first-order valence-corrected chi connectivity index (χ1v) is 11.2. The van der Waals surface area contributed by atoms with Gasteiger partial charge in [0.1, 0.15) is 11.6 Å². The molecule has 4 heterocycles. The molecule has 5 rings (SSSR count). The van der Waals surface area contributed by atoms with Gasteiger partial charge in [-0.25, -0.2) is 9.37 Å². The molecule has 1 atom stereocenters. The van der Waals surface area contributed by atoms with Crippen molar-refractivity contribution in [3.8, 4) is 0 Å². The predicted molar refractivity (Wildman–Crippen MR) is 117 cm³/mol. The maximum Gasteiger partial charge on any atom is 0.257 e. The van der Waals surface area contributed by atoms with Gasteiger partial charge in [-0.05, 0) is 43.5 Å². The predicted octanol–water partition coefficient (Wildman–Crippen LogP) is 2.24. The molecule has 0 saturated carbocycles. The van der Waals surface area contributed by atoms with Crippen molar-refractivity contribution in [2.24, 2.45) is 0 Å². The smallest absolute Gasteiger partial charge is 0.257 e. The van der Waals surface area contributed by atoms with Crippen LogP contribution in [0.15, 0.2) is 40.7 Å². The van der Waals surface area contributed by atoms with Crippen LogP contribution in [0, 0.1) is 5.82 Å². The van der Waals surface area contributed by atoms with E-state index in [1.807, 2.05) is 0 Å². The molecule has 3 aliphatic heterocycles. The van der Waals surface area contributed by atoms with Crippen LogP contribution in [0.4, 0.5) is 4.39 Å². The van der Waals surface area contributed by atoms with Crippen molar-refractivity contribution in [2.75, 3.05) is 39.4 Å². The summed E-state index contributed by atoms with van der Waals surface area (Å²) in [7, 11) is 0. The summed E-state index contributed by atoms with van der Waals surface area (Å²) in [6, 6.07) is 5.99. The minimum absolute atomic E-state index is 0.0495. The van der Waals surface area contributed by atoms with Crippen molar-refractivity contribution in [3.63, 3.8) is 0 Å². The number of H-pyrrole nitrogens is 1. The van der Waals surface area contributed by atoms with E-state index in [-0.39, 0.29) is 29.5 Å². The molecule has 1 saturated heterocycles. The molecule has 3 aliphatic rings. The number of carbonyl (C=O) groups is 1. The Bertz CT molecular complexity index is 1110. The number of halogens is 1. The molecule has 0 spiro atoms. The largest absolute Gasteiger partial charge is 0.377 e. The zero-order valence-corrected chi connectivity index (χ0v) is 18.0. The van der Waals surface area contributed by atoms with Gasteiger partial charge in [-0.3, -0.25) is 14.5 Å². The van der Waals surface area contributed by atoms with E-state index in [1.54, 1.807) is 17.0 Å². The quantitative estimate of drug-likeness (QED) is 0.741. The Balaban J connectivity index is 1.31. The van der Waals surface area contributed by atoms with E-state index < -0.39 is 5.82 Å². The Morgan fingerprint density at radius 1 is 1.28 bits per heavy atom. The normalized spacial score (nSPS) is 21.3. The first kappa shape index (κ1) is 21.0. The minimum atomic E-state index is -0.535. The van der Waals surface area contributed by atoms with Crippen molar-refractivity contribution in [1.29, 1.82) is 0 Å². The van der Waals surface area contributed by atoms with E-state index >= 15 is 0 Å². The molecular formula is C24H27FN4O3. The van der Waals surface area contributed by atoms with E-state index in [2.05, 4.69) is 16.0 Å². The molecule has 0 radical (unpaired) electrons. The van der Waals surface area contributed by atoms with Crippen molar-refractivity contribution in [2.45, 2.75) is 31.7 Å². The Labute approximate surface area is 185 Å². The molecular weight excluding hydrogens is 411 g/mol. The van der Waals surface area contributed by atoms with E-state index in [0.29, 0.717) is 36.7 Å². The molecule has 1 aromatic carbocycles. The second-order valence-electron chi connectivity index (χ2n) is 8.76. The van der Waals surface area contributed by atoms with Crippen LogP contribution >= 0.6 is 0 Å². The Kier molecular flexibility index (Phi) is 5.89. The summed E-state index contributed by atoms with van der Waals surface area (Å²) in [6.45, 7) is 4.75. The Hall–Kier alpha value is -2.84. The fourth-order valence-electron chi connectivity index (χ4n) is 4.84. The third kappa shape index (κ3) is 4.25. The Morgan fingerprint density at radius 2 is 2.16 bits per heavy atom. The van der Waals surface area contributed by atoms with Crippen LogP contribution < -0.4 is 5.56 Å². The topological polar surface area (TPSA) is 78.5 Å². The van der Waals surface area contributed by atoms with E-state index in [0.717, 1.165) is 39.1 Å². The number of ether oxygens (including phenoxy) is 1. The second kappa shape index (κ2) is 8.96. The molecule has 7 nitrogen and oxygen atoms in total. The molecule has 32 heavy (non-hydrogen) atoms. The lowest BCUT2D eigenvalue weighted by Crippen LogP contribution is -2.40. The minimum Gasteiger partial charge on any atom is -0.377 e. The second-order valence-corrected chi connectivity index (χ2v) is 8.76. The summed E-state index contributed by atoms with van der Waals surface area (Å²) in [6.07, 6.45) is 4.57. The molecule has 1 N–H and O–H groups in total. The fourth-order valence-corrected chi connectivity index (χ4v) is 4.84. The van der Waals surface area contributed by atoms with Gasteiger partial charge in [-0.15, -0.1) is 0 Å². The summed E-state index contributed by atoms with van der Waals surface area (Å²) in [4.78, 5) is 37.3. The lowest BCUT2D eigenvalue weighted by molar-refractivity contribution is 0.0726. The van der Waals surface area contributed by atoms with E-state index in [9.17, 15) is 14.0 Å². The maximum atomic E-state index is 14.1. The number of aromatic nitrogens is 2. The average molecular weight is 439 g/mol. The van der Waals surface area contributed by atoms with Crippen LogP contribution in [0.5, 0.6) is 0 Å². The highest BCUT2D eigenvalue weighted by Crippen LogP contribution is 2.27. The third-order valence-electron chi connectivity index (χ3n) is 6.55. The number of rotatable bonds is 4. The number of benzene rings is 1. The number of hydrogen-bond acceptors (Lipinski definition) is 5. The highest BCUT2D eigenvalue weighted by molar-refractivity contribution is 5.94. The van der Waals surface area contributed by atoms with Gasteiger partial charge < -0.3 is 14.6 Å². The number of hydrogen-bond donors (Lipinski definition) is 1. The van der Waals surface area contributed by atoms with Gasteiger partial charge in [-0.2, -0.15) is 0 Å². The van der Waals surface area contributed by atoms with Crippen LogP contribution in [-0.4, -0.2) is 65.1 Å². The molecule has 0 aliphatic carbocycles. The van der Waals surface area contributed by atoms with Gasteiger partial charge in [0, 0.05) is 31.1 Å².